The zero-order valence-corrected chi connectivity index (χ0v) is 13.7. The van der Waals surface area contributed by atoms with Crippen molar-refractivity contribution in [3.8, 4) is 10.6 Å². The Morgan fingerprint density at radius 1 is 1.35 bits per heavy atom. The molecule has 3 aromatic rings. The Bertz CT molecular complexity index is 786. The Kier molecular flexibility index (Phi) is 4.78. The molecule has 1 aromatic carbocycles. The van der Waals surface area contributed by atoms with Gasteiger partial charge < -0.3 is 9.84 Å². The predicted octanol–water partition coefficient (Wildman–Crippen LogP) is 3.07. The normalized spacial score (nSPS) is 12.5. The van der Waals surface area contributed by atoms with E-state index in [0.29, 0.717) is 30.6 Å². The Labute approximate surface area is 137 Å². The summed E-state index contributed by atoms with van der Waals surface area (Å²) in [4.78, 5) is 8.89. The minimum absolute atomic E-state index is 0.264. The Morgan fingerprint density at radius 3 is 3.00 bits per heavy atom. The van der Waals surface area contributed by atoms with Crippen LogP contribution in [-0.4, -0.2) is 28.2 Å². The minimum Gasteiger partial charge on any atom is -0.339 e. The van der Waals surface area contributed by atoms with Crippen LogP contribution in [0, 0.1) is 5.82 Å². The van der Waals surface area contributed by atoms with E-state index < -0.39 is 0 Å². The smallest absolute Gasteiger partial charge is 0.232 e. The molecule has 23 heavy (non-hydrogen) atoms. The van der Waals surface area contributed by atoms with E-state index in [1.165, 1.54) is 23.5 Å². The summed E-state index contributed by atoms with van der Waals surface area (Å²) >= 11 is 1.47. The zero-order chi connectivity index (χ0) is 16.2. The minimum atomic E-state index is -0.264. The van der Waals surface area contributed by atoms with Crippen LogP contribution in [0.4, 0.5) is 4.39 Å². The second-order valence-electron chi connectivity index (χ2n) is 5.33. The van der Waals surface area contributed by atoms with Crippen molar-refractivity contribution < 1.29 is 8.91 Å². The quantitative estimate of drug-likeness (QED) is 0.751. The number of aromatic nitrogens is 3. The molecular weight excluding hydrogens is 315 g/mol. The maximum absolute atomic E-state index is 13.3. The van der Waals surface area contributed by atoms with Crippen molar-refractivity contribution in [2.75, 3.05) is 7.05 Å². The van der Waals surface area contributed by atoms with E-state index in [2.05, 4.69) is 27.4 Å². The first-order valence-corrected chi connectivity index (χ1v) is 8.21. The molecule has 120 valence electrons. The zero-order valence-electron chi connectivity index (χ0n) is 12.9. The second-order valence-corrected chi connectivity index (χ2v) is 6.19. The summed E-state index contributed by atoms with van der Waals surface area (Å²) in [6.45, 7) is 2.06. The molecule has 7 heteroatoms. The summed E-state index contributed by atoms with van der Waals surface area (Å²) in [7, 11) is 1.90. The number of hydrogen-bond acceptors (Lipinski definition) is 6. The van der Waals surface area contributed by atoms with Crippen LogP contribution in [0.25, 0.3) is 10.6 Å². The lowest BCUT2D eigenvalue weighted by atomic mass is 10.2. The van der Waals surface area contributed by atoms with Gasteiger partial charge in [0.1, 0.15) is 10.8 Å². The highest BCUT2D eigenvalue weighted by molar-refractivity contribution is 7.13. The van der Waals surface area contributed by atoms with Gasteiger partial charge in [0.2, 0.25) is 5.89 Å². The van der Waals surface area contributed by atoms with E-state index in [-0.39, 0.29) is 5.82 Å². The van der Waals surface area contributed by atoms with Crippen LogP contribution in [0.3, 0.4) is 0 Å². The van der Waals surface area contributed by atoms with Gasteiger partial charge in [-0.05, 0) is 26.1 Å². The van der Waals surface area contributed by atoms with E-state index >= 15 is 0 Å². The van der Waals surface area contributed by atoms with Crippen LogP contribution in [0.2, 0.25) is 0 Å². The Hall–Kier alpha value is -2.12. The van der Waals surface area contributed by atoms with Gasteiger partial charge in [0.25, 0.3) is 0 Å². The molecule has 0 fully saturated rings. The SMILES string of the molecule is CNC(C)Cc1noc(Cc2csc(-c3cccc(F)c3)n2)n1. The fourth-order valence-electron chi connectivity index (χ4n) is 2.12. The van der Waals surface area contributed by atoms with Gasteiger partial charge in [0.15, 0.2) is 5.82 Å². The van der Waals surface area contributed by atoms with Crippen LogP contribution in [0.15, 0.2) is 34.2 Å². The van der Waals surface area contributed by atoms with Crippen molar-refractivity contribution in [2.24, 2.45) is 0 Å². The van der Waals surface area contributed by atoms with E-state index in [1.54, 1.807) is 6.07 Å². The first-order chi connectivity index (χ1) is 11.1. The molecule has 0 spiro atoms. The van der Waals surface area contributed by atoms with Gasteiger partial charge in [0.05, 0.1) is 12.1 Å². The van der Waals surface area contributed by atoms with E-state index in [1.807, 2.05) is 18.5 Å². The molecule has 0 amide bonds. The largest absolute Gasteiger partial charge is 0.339 e. The predicted molar refractivity (Wildman–Crippen MR) is 86.8 cm³/mol. The molecule has 2 aromatic heterocycles. The van der Waals surface area contributed by atoms with Crippen molar-refractivity contribution in [3.05, 3.63) is 52.9 Å². The summed E-state index contributed by atoms with van der Waals surface area (Å²) in [6.07, 6.45) is 1.19. The topological polar surface area (TPSA) is 63.8 Å². The summed E-state index contributed by atoms with van der Waals surface area (Å²) < 4.78 is 18.5. The molecule has 0 aliphatic heterocycles. The number of thiazole rings is 1. The van der Waals surface area contributed by atoms with Crippen LogP contribution >= 0.6 is 11.3 Å². The van der Waals surface area contributed by atoms with Crippen LogP contribution in [0.1, 0.15) is 24.3 Å². The summed E-state index contributed by atoms with van der Waals surface area (Å²) in [5.41, 5.74) is 1.61. The van der Waals surface area contributed by atoms with Gasteiger partial charge in [-0.2, -0.15) is 4.98 Å². The molecule has 0 radical (unpaired) electrons. The van der Waals surface area contributed by atoms with Gasteiger partial charge in [-0.25, -0.2) is 9.37 Å². The molecule has 0 saturated carbocycles. The summed E-state index contributed by atoms with van der Waals surface area (Å²) in [5.74, 6) is 0.960. The highest BCUT2D eigenvalue weighted by atomic mass is 32.1. The third-order valence-corrected chi connectivity index (χ3v) is 4.39. The average molecular weight is 332 g/mol. The molecule has 1 atom stereocenters. The molecule has 2 heterocycles. The Balaban J connectivity index is 1.70. The molecule has 0 bridgehead atoms. The lowest BCUT2D eigenvalue weighted by Crippen LogP contribution is -2.24. The lowest BCUT2D eigenvalue weighted by Gasteiger charge is -2.04. The van der Waals surface area contributed by atoms with Gasteiger partial charge in [0, 0.05) is 23.4 Å². The van der Waals surface area contributed by atoms with Crippen molar-refractivity contribution in [1.29, 1.82) is 0 Å². The summed E-state index contributed by atoms with van der Waals surface area (Å²) in [6, 6.07) is 6.71. The van der Waals surface area contributed by atoms with Crippen LogP contribution < -0.4 is 5.32 Å². The van der Waals surface area contributed by atoms with Crippen molar-refractivity contribution in [1.82, 2.24) is 20.4 Å². The maximum Gasteiger partial charge on any atom is 0.232 e. The summed E-state index contributed by atoms with van der Waals surface area (Å²) in [5, 5.41) is 9.82. The van der Waals surface area contributed by atoms with Gasteiger partial charge in [-0.3, -0.25) is 0 Å². The highest BCUT2D eigenvalue weighted by Crippen LogP contribution is 2.25. The van der Waals surface area contributed by atoms with E-state index in [4.69, 9.17) is 4.52 Å². The van der Waals surface area contributed by atoms with Crippen molar-refractivity contribution >= 4 is 11.3 Å². The molecule has 0 aliphatic carbocycles. The maximum atomic E-state index is 13.3. The number of benzene rings is 1. The first-order valence-electron chi connectivity index (χ1n) is 7.33. The molecule has 0 saturated heterocycles. The molecule has 1 N–H and O–H groups in total. The average Bonchev–Trinajstić information content (AvgIpc) is 3.17. The number of halogens is 1. The molecular formula is C16H17FN4OS. The number of rotatable bonds is 6. The number of nitrogens with zero attached hydrogens (tertiary/aromatic N) is 3. The second kappa shape index (κ2) is 6.97. The molecule has 3 rings (SSSR count). The third kappa shape index (κ3) is 4.00. The number of hydrogen-bond donors (Lipinski definition) is 1. The fraction of sp³-hybridized carbons (Fsp3) is 0.312. The van der Waals surface area contributed by atoms with Crippen LogP contribution in [0.5, 0.6) is 0 Å². The lowest BCUT2D eigenvalue weighted by molar-refractivity contribution is 0.376. The van der Waals surface area contributed by atoms with Crippen molar-refractivity contribution in [2.45, 2.75) is 25.8 Å². The monoisotopic (exact) mass is 332 g/mol. The number of nitrogens with one attached hydrogen (secondary N) is 1. The van der Waals surface area contributed by atoms with Gasteiger partial charge in [-0.1, -0.05) is 17.3 Å². The van der Waals surface area contributed by atoms with Gasteiger partial charge >= 0.3 is 0 Å². The van der Waals surface area contributed by atoms with E-state index in [9.17, 15) is 4.39 Å². The molecule has 5 nitrogen and oxygen atoms in total. The van der Waals surface area contributed by atoms with Crippen molar-refractivity contribution in [3.63, 3.8) is 0 Å². The number of likely N-dealkylation sites (N-methyl/N-ethyl adjacent to an activating group) is 1. The Morgan fingerprint density at radius 2 is 2.22 bits per heavy atom. The first kappa shape index (κ1) is 15.8. The molecule has 0 aliphatic rings. The third-order valence-electron chi connectivity index (χ3n) is 3.45. The van der Waals surface area contributed by atoms with E-state index in [0.717, 1.165) is 16.3 Å². The highest BCUT2D eigenvalue weighted by Gasteiger charge is 2.12. The standard InChI is InChI=1S/C16H17FN4OS/c1-10(18-2)6-14-20-15(22-21-14)8-13-9-23-16(19-13)11-4-3-5-12(17)7-11/h3-5,7,9-10,18H,6,8H2,1-2H3. The molecule has 1 unspecified atom stereocenters. The fourth-order valence-corrected chi connectivity index (χ4v) is 2.93. The van der Waals surface area contributed by atoms with Gasteiger partial charge in [-0.15, -0.1) is 11.3 Å². The van der Waals surface area contributed by atoms with Crippen LogP contribution in [-0.2, 0) is 12.8 Å².